The third-order valence-electron chi connectivity index (χ3n) is 5.96. The molecule has 1 heterocycles. The van der Waals surface area contributed by atoms with E-state index in [2.05, 4.69) is 49.1 Å². The molecule has 1 aliphatic carbocycles. The van der Waals surface area contributed by atoms with Gasteiger partial charge < -0.3 is 30.5 Å². The van der Waals surface area contributed by atoms with Crippen molar-refractivity contribution in [3.63, 3.8) is 0 Å². The number of anilines is 1. The molecule has 1 aromatic carbocycles. The Bertz CT molecular complexity index is 704. The smallest absolute Gasteiger partial charge is 0.212 e. The molecule has 4 atom stereocenters. The van der Waals surface area contributed by atoms with Gasteiger partial charge in [0.15, 0.2) is 0 Å². The second-order valence-electron chi connectivity index (χ2n) is 8.14. The molecule has 0 aromatic heterocycles. The first-order valence-corrected chi connectivity index (χ1v) is 11.6. The molecule has 29 heavy (non-hydrogen) atoms. The third kappa shape index (κ3) is 5.51. The SMILES string of the molecule is CN(Cc1cc(Br)cc(Br)c1NC[C@]1(O)OC[C@@H](O)[C@H](O)[C@H]1O)C1CCCCC1. The number of halogens is 2. The van der Waals surface area contributed by atoms with Crippen LogP contribution in [0.4, 0.5) is 5.69 Å². The van der Waals surface area contributed by atoms with E-state index in [1.54, 1.807) is 0 Å². The molecule has 0 unspecified atom stereocenters. The van der Waals surface area contributed by atoms with Crippen LogP contribution >= 0.6 is 31.9 Å². The third-order valence-corrected chi connectivity index (χ3v) is 7.04. The van der Waals surface area contributed by atoms with Crippen LogP contribution in [0.15, 0.2) is 21.1 Å². The Morgan fingerprint density at radius 1 is 1.17 bits per heavy atom. The average Bonchev–Trinajstić information content (AvgIpc) is 2.69. The second-order valence-corrected chi connectivity index (χ2v) is 9.91. The zero-order valence-corrected chi connectivity index (χ0v) is 19.7. The quantitative estimate of drug-likeness (QED) is 0.379. The molecule has 9 heteroatoms. The van der Waals surface area contributed by atoms with E-state index in [1.807, 2.05) is 12.1 Å². The zero-order valence-electron chi connectivity index (χ0n) is 16.5. The van der Waals surface area contributed by atoms with Gasteiger partial charge in [0, 0.05) is 21.5 Å². The van der Waals surface area contributed by atoms with Gasteiger partial charge in [0.05, 0.1) is 18.8 Å². The van der Waals surface area contributed by atoms with Crippen molar-refractivity contribution in [3.8, 4) is 0 Å². The molecule has 0 spiro atoms. The summed E-state index contributed by atoms with van der Waals surface area (Å²) in [5.74, 6) is -2.00. The topological polar surface area (TPSA) is 105 Å². The average molecular weight is 538 g/mol. The van der Waals surface area contributed by atoms with Crippen LogP contribution in [0.5, 0.6) is 0 Å². The summed E-state index contributed by atoms with van der Waals surface area (Å²) < 4.78 is 7.01. The van der Waals surface area contributed by atoms with Gasteiger partial charge in [0.25, 0.3) is 0 Å². The summed E-state index contributed by atoms with van der Waals surface area (Å²) in [7, 11) is 2.13. The number of nitrogens with one attached hydrogen (secondary N) is 1. The summed E-state index contributed by atoms with van der Waals surface area (Å²) in [6.45, 7) is 0.335. The van der Waals surface area contributed by atoms with E-state index < -0.39 is 24.1 Å². The van der Waals surface area contributed by atoms with E-state index in [4.69, 9.17) is 4.74 Å². The molecule has 3 rings (SSSR count). The Morgan fingerprint density at radius 2 is 1.86 bits per heavy atom. The summed E-state index contributed by atoms with van der Waals surface area (Å²) >= 11 is 7.12. The Morgan fingerprint density at radius 3 is 2.55 bits per heavy atom. The van der Waals surface area contributed by atoms with Crippen LogP contribution in [0.2, 0.25) is 0 Å². The van der Waals surface area contributed by atoms with Crippen molar-refractivity contribution >= 4 is 37.5 Å². The predicted octanol–water partition coefficient (Wildman–Crippen LogP) is 2.19. The molecule has 164 valence electrons. The van der Waals surface area contributed by atoms with Crippen LogP contribution in [0.1, 0.15) is 37.7 Å². The monoisotopic (exact) mass is 536 g/mol. The molecule has 7 nitrogen and oxygen atoms in total. The van der Waals surface area contributed by atoms with Crippen molar-refractivity contribution in [1.82, 2.24) is 4.90 Å². The highest BCUT2D eigenvalue weighted by Crippen LogP contribution is 2.34. The first-order chi connectivity index (χ1) is 13.7. The minimum absolute atomic E-state index is 0.141. The molecule has 5 N–H and O–H groups in total. The van der Waals surface area contributed by atoms with E-state index in [-0.39, 0.29) is 13.2 Å². The maximum absolute atomic E-state index is 10.7. The Hall–Kier alpha value is -0.260. The lowest BCUT2D eigenvalue weighted by Gasteiger charge is -2.42. The minimum atomic E-state index is -2.00. The van der Waals surface area contributed by atoms with Gasteiger partial charge in [-0.15, -0.1) is 0 Å². The van der Waals surface area contributed by atoms with Crippen molar-refractivity contribution in [2.24, 2.45) is 0 Å². The van der Waals surface area contributed by atoms with Gasteiger partial charge >= 0.3 is 0 Å². The fraction of sp³-hybridized carbons (Fsp3) is 0.700. The number of hydrogen-bond donors (Lipinski definition) is 5. The van der Waals surface area contributed by atoms with Gasteiger partial charge in [-0.1, -0.05) is 35.2 Å². The van der Waals surface area contributed by atoms with E-state index in [1.165, 1.54) is 32.1 Å². The Kier molecular flexibility index (Phi) is 8.00. The molecule has 0 radical (unpaired) electrons. The van der Waals surface area contributed by atoms with E-state index in [9.17, 15) is 20.4 Å². The number of nitrogens with zero attached hydrogens (tertiary/aromatic N) is 1. The molecule has 1 saturated carbocycles. The molecular formula is C20H30Br2N2O5. The van der Waals surface area contributed by atoms with Gasteiger partial charge in [0.2, 0.25) is 5.79 Å². The maximum Gasteiger partial charge on any atom is 0.212 e. The second kappa shape index (κ2) is 9.91. The largest absolute Gasteiger partial charge is 0.388 e. The first kappa shape index (κ1) is 23.4. The maximum atomic E-state index is 10.7. The predicted molar refractivity (Wildman–Crippen MR) is 118 cm³/mol. The highest BCUT2D eigenvalue weighted by atomic mass is 79.9. The van der Waals surface area contributed by atoms with Crippen LogP contribution in [0.25, 0.3) is 0 Å². The van der Waals surface area contributed by atoms with Crippen molar-refractivity contribution in [2.45, 2.75) is 68.8 Å². The van der Waals surface area contributed by atoms with Crippen LogP contribution in [-0.4, -0.2) is 75.7 Å². The minimum Gasteiger partial charge on any atom is -0.388 e. The van der Waals surface area contributed by atoms with Gasteiger partial charge in [0.1, 0.15) is 18.3 Å². The fourth-order valence-corrected chi connectivity index (χ4v) is 5.58. The number of aliphatic hydroxyl groups is 4. The molecule has 1 saturated heterocycles. The van der Waals surface area contributed by atoms with Gasteiger partial charge in [-0.3, -0.25) is 4.90 Å². The summed E-state index contributed by atoms with van der Waals surface area (Å²) in [5.41, 5.74) is 1.83. The lowest BCUT2D eigenvalue weighted by atomic mass is 9.94. The molecular weight excluding hydrogens is 508 g/mol. The van der Waals surface area contributed by atoms with Crippen LogP contribution in [0, 0.1) is 0 Å². The molecule has 2 fully saturated rings. The molecule has 1 aliphatic heterocycles. The van der Waals surface area contributed by atoms with Gasteiger partial charge in [-0.25, -0.2) is 0 Å². The molecule has 0 bridgehead atoms. The summed E-state index contributed by atoms with van der Waals surface area (Å²) in [6, 6.07) is 4.50. The highest BCUT2D eigenvalue weighted by molar-refractivity contribution is 9.11. The summed E-state index contributed by atoms with van der Waals surface area (Å²) in [4.78, 5) is 2.36. The van der Waals surface area contributed by atoms with Crippen LogP contribution in [0.3, 0.4) is 0 Å². The zero-order chi connectivity index (χ0) is 21.2. The van der Waals surface area contributed by atoms with Gasteiger partial charge in [-0.2, -0.15) is 0 Å². The fourth-order valence-electron chi connectivity index (χ4n) is 4.13. The number of ether oxygens (including phenoxy) is 1. The molecule has 0 amide bonds. The number of aliphatic hydroxyl groups excluding tert-OH is 3. The number of rotatable bonds is 6. The van der Waals surface area contributed by atoms with E-state index in [0.717, 1.165) is 26.7 Å². The van der Waals surface area contributed by atoms with E-state index in [0.29, 0.717) is 6.04 Å². The molecule has 1 aromatic rings. The van der Waals surface area contributed by atoms with Crippen molar-refractivity contribution < 1.29 is 25.2 Å². The lowest BCUT2D eigenvalue weighted by molar-refractivity contribution is -0.313. The Balaban J connectivity index is 1.74. The Labute approximate surface area is 188 Å². The summed E-state index contributed by atoms with van der Waals surface area (Å²) in [6.07, 6.45) is 1.91. The number of hydrogen-bond acceptors (Lipinski definition) is 7. The van der Waals surface area contributed by atoms with Crippen molar-refractivity contribution in [1.29, 1.82) is 0 Å². The van der Waals surface area contributed by atoms with Crippen molar-refractivity contribution in [3.05, 3.63) is 26.6 Å². The number of benzene rings is 1. The normalized spacial score (nSPS) is 31.2. The highest BCUT2D eigenvalue weighted by Gasteiger charge is 2.48. The standard InChI is InChI=1S/C20H30Br2N2O5/c1-24(14-5-3-2-4-6-14)9-12-7-13(21)8-15(22)17(12)23-11-20(28)19(27)18(26)16(25)10-29-20/h7-8,14,16,18-19,23,25-28H,2-6,9-11H2,1H3/t16-,18+,19-,20+/m1/s1. The first-order valence-electron chi connectivity index (χ1n) is 10.0. The van der Waals surface area contributed by atoms with Crippen molar-refractivity contribution in [2.75, 3.05) is 25.5 Å². The molecule has 2 aliphatic rings. The summed E-state index contributed by atoms with van der Waals surface area (Å²) in [5, 5.41) is 43.6. The van der Waals surface area contributed by atoms with Gasteiger partial charge in [-0.05, 0) is 53.5 Å². The van der Waals surface area contributed by atoms with Crippen LogP contribution in [-0.2, 0) is 11.3 Å². The lowest BCUT2D eigenvalue weighted by Crippen LogP contribution is -2.63. The van der Waals surface area contributed by atoms with E-state index >= 15 is 0 Å². The van der Waals surface area contributed by atoms with Crippen LogP contribution < -0.4 is 5.32 Å².